The summed E-state index contributed by atoms with van der Waals surface area (Å²) >= 11 is 1.57. The number of hydrogen-bond acceptors (Lipinski definition) is 6. The number of unbranched alkanes of at least 4 members (excludes halogenated alkanes) is 1. The summed E-state index contributed by atoms with van der Waals surface area (Å²) in [7, 11) is 1.84. The van der Waals surface area contributed by atoms with E-state index in [2.05, 4.69) is 27.3 Å². The van der Waals surface area contributed by atoms with Crippen LogP contribution in [0.1, 0.15) is 46.6 Å². The molecule has 9 heteroatoms. The highest BCUT2D eigenvalue weighted by atomic mass is 32.1. The van der Waals surface area contributed by atoms with E-state index >= 15 is 0 Å². The number of rotatable bonds is 8. The van der Waals surface area contributed by atoms with E-state index < -0.39 is 0 Å². The van der Waals surface area contributed by atoms with Crippen molar-refractivity contribution >= 4 is 27.9 Å². The van der Waals surface area contributed by atoms with Crippen molar-refractivity contribution in [1.82, 2.24) is 34.2 Å². The minimum absolute atomic E-state index is 0.0406. The zero-order valence-electron chi connectivity index (χ0n) is 16.9. The SMILES string of the molecule is CCCCN(C)C(=O)c1nc2ccccn2c1CNCc1cn2nc(C)sc2n1. The third-order valence-electron chi connectivity index (χ3n) is 4.82. The molecule has 0 fully saturated rings. The van der Waals surface area contributed by atoms with Crippen LogP contribution >= 0.6 is 11.3 Å². The van der Waals surface area contributed by atoms with E-state index in [1.165, 1.54) is 0 Å². The Morgan fingerprint density at radius 2 is 2.14 bits per heavy atom. The Hall–Kier alpha value is -2.78. The van der Waals surface area contributed by atoms with Gasteiger partial charge in [-0.2, -0.15) is 5.10 Å². The molecule has 4 rings (SSSR count). The van der Waals surface area contributed by atoms with Crippen LogP contribution in [0.4, 0.5) is 0 Å². The highest BCUT2D eigenvalue weighted by Gasteiger charge is 2.21. The van der Waals surface area contributed by atoms with E-state index in [9.17, 15) is 4.79 Å². The summed E-state index contributed by atoms with van der Waals surface area (Å²) in [6.45, 7) is 5.93. The summed E-state index contributed by atoms with van der Waals surface area (Å²) in [6.07, 6.45) is 5.91. The zero-order valence-corrected chi connectivity index (χ0v) is 17.7. The molecular formula is C20H25N7OS. The fourth-order valence-electron chi connectivity index (χ4n) is 3.30. The van der Waals surface area contributed by atoms with E-state index in [0.29, 0.717) is 18.8 Å². The van der Waals surface area contributed by atoms with Gasteiger partial charge in [0.1, 0.15) is 10.7 Å². The molecule has 0 aromatic carbocycles. The number of aromatic nitrogens is 5. The first-order valence-electron chi connectivity index (χ1n) is 9.80. The Morgan fingerprint density at radius 3 is 2.93 bits per heavy atom. The van der Waals surface area contributed by atoms with Gasteiger partial charge in [-0.1, -0.05) is 30.7 Å². The van der Waals surface area contributed by atoms with E-state index in [1.807, 2.05) is 53.5 Å². The molecule has 0 saturated carbocycles. The normalized spacial score (nSPS) is 11.6. The summed E-state index contributed by atoms with van der Waals surface area (Å²) in [6, 6.07) is 5.80. The van der Waals surface area contributed by atoms with Crippen LogP contribution in [0.15, 0.2) is 30.6 Å². The van der Waals surface area contributed by atoms with Gasteiger partial charge in [0.2, 0.25) is 4.96 Å². The molecule has 1 N–H and O–H groups in total. The molecule has 0 aliphatic carbocycles. The highest BCUT2D eigenvalue weighted by Crippen LogP contribution is 2.16. The van der Waals surface area contributed by atoms with Crippen molar-refractivity contribution in [1.29, 1.82) is 0 Å². The number of imidazole rings is 2. The van der Waals surface area contributed by atoms with Gasteiger partial charge in [0.25, 0.3) is 5.91 Å². The highest BCUT2D eigenvalue weighted by molar-refractivity contribution is 7.16. The van der Waals surface area contributed by atoms with E-state index in [4.69, 9.17) is 0 Å². The predicted molar refractivity (Wildman–Crippen MR) is 113 cm³/mol. The second kappa shape index (κ2) is 8.30. The van der Waals surface area contributed by atoms with Crippen molar-refractivity contribution in [3.05, 3.63) is 52.7 Å². The van der Waals surface area contributed by atoms with Gasteiger partial charge in [-0.25, -0.2) is 14.5 Å². The van der Waals surface area contributed by atoms with Crippen molar-refractivity contribution < 1.29 is 4.79 Å². The van der Waals surface area contributed by atoms with Crippen LogP contribution in [-0.2, 0) is 13.1 Å². The molecule has 4 aromatic heterocycles. The lowest BCUT2D eigenvalue weighted by molar-refractivity contribution is 0.0787. The summed E-state index contributed by atoms with van der Waals surface area (Å²) in [5.74, 6) is -0.0406. The maximum absolute atomic E-state index is 13.0. The number of aryl methyl sites for hydroxylation is 1. The Bertz CT molecular complexity index is 1110. The van der Waals surface area contributed by atoms with Gasteiger partial charge in [-0.15, -0.1) is 0 Å². The average Bonchev–Trinajstić information content (AvgIpc) is 3.36. The van der Waals surface area contributed by atoms with Gasteiger partial charge in [0.05, 0.1) is 17.6 Å². The van der Waals surface area contributed by atoms with Crippen LogP contribution in [0.5, 0.6) is 0 Å². The molecule has 29 heavy (non-hydrogen) atoms. The quantitative estimate of drug-likeness (QED) is 0.482. The van der Waals surface area contributed by atoms with Gasteiger partial charge >= 0.3 is 0 Å². The zero-order chi connectivity index (χ0) is 20.4. The second-order valence-corrected chi connectivity index (χ2v) is 8.26. The van der Waals surface area contributed by atoms with Crippen molar-refractivity contribution in [2.24, 2.45) is 0 Å². The molecule has 4 aromatic rings. The molecule has 0 atom stereocenters. The third-order valence-corrected chi connectivity index (χ3v) is 5.66. The number of carbonyl (C=O) groups excluding carboxylic acids is 1. The standard InChI is InChI=1S/C20H25N7OS/c1-4-5-9-25(3)19(28)18-16(26-10-7-6-8-17(26)23-18)12-21-11-15-13-27-20(22-15)29-14(2)24-27/h6-8,10,13,21H,4-5,9,11-12H2,1-3H3. The Kier molecular flexibility index (Phi) is 5.59. The molecule has 0 aliphatic rings. The fraction of sp³-hybridized carbons (Fsp3) is 0.400. The van der Waals surface area contributed by atoms with Crippen molar-refractivity contribution in [2.75, 3.05) is 13.6 Å². The second-order valence-electron chi connectivity index (χ2n) is 7.10. The monoisotopic (exact) mass is 411 g/mol. The first-order chi connectivity index (χ1) is 14.1. The molecule has 0 saturated heterocycles. The van der Waals surface area contributed by atoms with Gasteiger partial charge in [0, 0.05) is 32.9 Å². The largest absolute Gasteiger partial charge is 0.340 e. The first-order valence-corrected chi connectivity index (χ1v) is 10.6. The summed E-state index contributed by atoms with van der Waals surface area (Å²) in [5.41, 5.74) is 3.07. The number of nitrogens with one attached hydrogen (secondary N) is 1. The van der Waals surface area contributed by atoms with Crippen LogP contribution in [-0.4, -0.2) is 48.4 Å². The molecule has 0 spiro atoms. The Balaban J connectivity index is 1.53. The minimum Gasteiger partial charge on any atom is -0.340 e. The first kappa shape index (κ1) is 19.5. The number of fused-ring (bicyclic) bond motifs is 2. The lowest BCUT2D eigenvalue weighted by Crippen LogP contribution is -2.29. The maximum Gasteiger partial charge on any atom is 0.274 e. The average molecular weight is 412 g/mol. The summed E-state index contributed by atoms with van der Waals surface area (Å²) in [4.78, 5) is 24.8. The Labute approximate surface area is 173 Å². The fourth-order valence-corrected chi connectivity index (χ4v) is 4.05. The maximum atomic E-state index is 13.0. The van der Waals surface area contributed by atoms with E-state index in [0.717, 1.165) is 46.4 Å². The Morgan fingerprint density at radius 1 is 1.28 bits per heavy atom. The van der Waals surface area contributed by atoms with Crippen LogP contribution < -0.4 is 5.32 Å². The van der Waals surface area contributed by atoms with Crippen molar-refractivity contribution in [3.8, 4) is 0 Å². The molecule has 4 heterocycles. The number of carbonyl (C=O) groups is 1. The molecule has 0 radical (unpaired) electrons. The predicted octanol–water partition coefficient (Wildman–Crippen LogP) is 2.91. The van der Waals surface area contributed by atoms with Crippen LogP contribution in [0.3, 0.4) is 0 Å². The molecule has 0 bridgehead atoms. The smallest absolute Gasteiger partial charge is 0.274 e. The lowest BCUT2D eigenvalue weighted by Gasteiger charge is -2.16. The van der Waals surface area contributed by atoms with Crippen LogP contribution in [0, 0.1) is 6.92 Å². The van der Waals surface area contributed by atoms with Gasteiger partial charge in [-0.3, -0.25) is 4.79 Å². The molecule has 8 nitrogen and oxygen atoms in total. The number of pyridine rings is 1. The van der Waals surface area contributed by atoms with Crippen molar-refractivity contribution in [3.63, 3.8) is 0 Å². The number of nitrogens with zero attached hydrogens (tertiary/aromatic N) is 6. The van der Waals surface area contributed by atoms with E-state index in [-0.39, 0.29) is 5.91 Å². The minimum atomic E-state index is -0.0406. The van der Waals surface area contributed by atoms with Crippen LogP contribution in [0.25, 0.3) is 10.6 Å². The topological polar surface area (TPSA) is 79.8 Å². The van der Waals surface area contributed by atoms with Gasteiger partial charge < -0.3 is 14.6 Å². The third kappa shape index (κ3) is 4.01. The number of hydrogen-bond donors (Lipinski definition) is 1. The molecule has 0 unspecified atom stereocenters. The van der Waals surface area contributed by atoms with Gasteiger partial charge in [-0.05, 0) is 25.5 Å². The summed E-state index contributed by atoms with van der Waals surface area (Å²) < 4.78 is 3.79. The van der Waals surface area contributed by atoms with E-state index in [1.54, 1.807) is 16.2 Å². The number of amides is 1. The molecular weight excluding hydrogens is 386 g/mol. The van der Waals surface area contributed by atoms with Gasteiger partial charge in [0.15, 0.2) is 5.69 Å². The summed E-state index contributed by atoms with van der Waals surface area (Å²) in [5, 5.41) is 8.80. The van der Waals surface area contributed by atoms with Crippen molar-refractivity contribution in [2.45, 2.75) is 39.8 Å². The molecule has 152 valence electrons. The molecule has 0 aliphatic heterocycles. The molecule has 1 amide bonds. The lowest BCUT2D eigenvalue weighted by atomic mass is 10.2. The van der Waals surface area contributed by atoms with Crippen LogP contribution in [0.2, 0.25) is 0 Å².